The molecule has 3 atom stereocenters. The van der Waals surface area contributed by atoms with E-state index < -0.39 is 0 Å². The first-order valence-electron chi connectivity index (χ1n) is 7.34. The van der Waals surface area contributed by atoms with Crippen LogP contribution in [0.1, 0.15) is 44.9 Å². The summed E-state index contributed by atoms with van der Waals surface area (Å²) in [6.45, 7) is 3.59. The van der Waals surface area contributed by atoms with Crippen molar-refractivity contribution in [3.8, 4) is 0 Å². The molecule has 1 saturated carbocycles. The van der Waals surface area contributed by atoms with Crippen LogP contribution in [0.4, 0.5) is 0 Å². The number of hydrogen-bond donors (Lipinski definition) is 2. The maximum atomic E-state index is 9.66. The van der Waals surface area contributed by atoms with Gasteiger partial charge in [0, 0.05) is 6.04 Å². The zero-order valence-corrected chi connectivity index (χ0v) is 11.2. The van der Waals surface area contributed by atoms with Crippen LogP contribution in [-0.2, 0) is 0 Å². The Bertz CT molecular complexity index is 222. The van der Waals surface area contributed by atoms with Crippen LogP contribution in [-0.4, -0.2) is 48.8 Å². The summed E-state index contributed by atoms with van der Waals surface area (Å²) in [4.78, 5) is 2.44. The lowest BCUT2D eigenvalue weighted by Crippen LogP contribution is -2.36. The van der Waals surface area contributed by atoms with Gasteiger partial charge in [-0.15, -0.1) is 0 Å². The molecule has 2 fully saturated rings. The Morgan fingerprint density at radius 3 is 2.82 bits per heavy atom. The van der Waals surface area contributed by atoms with Crippen molar-refractivity contribution in [3.63, 3.8) is 0 Å². The van der Waals surface area contributed by atoms with E-state index in [-0.39, 0.29) is 6.10 Å². The van der Waals surface area contributed by atoms with Crippen molar-refractivity contribution in [2.75, 3.05) is 26.7 Å². The van der Waals surface area contributed by atoms with Gasteiger partial charge >= 0.3 is 0 Å². The molecular formula is C14H28N2O. The van der Waals surface area contributed by atoms with E-state index in [1.807, 2.05) is 0 Å². The summed E-state index contributed by atoms with van der Waals surface area (Å²) in [6, 6.07) is 0.707. The van der Waals surface area contributed by atoms with Crippen LogP contribution in [0.25, 0.3) is 0 Å². The van der Waals surface area contributed by atoms with Crippen LogP contribution in [0.3, 0.4) is 0 Å². The first kappa shape index (κ1) is 13.3. The van der Waals surface area contributed by atoms with Crippen LogP contribution >= 0.6 is 0 Å². The molecule has 3 nitrogen and oxygen atoms in total. The van der Waals surface area contributed by atoms with Crippen LogP contribution in [0.2, 0.25) is 0 Å². The van der Waals surface area contributed by atoms with Crippen molar-refractivity contribution < 1.29 is 5.11 Å². The molecule has 1 aliphatic heterocycles. The van der Waals surface area contributed by atoms with Crippen molar-refractivity contribution in [2.45, 2.75) is 57.1 Å². The Morgan fingerprint density at radius 2 is 2.00 bits per heavy atom. The fourth-order valence-corrected chi connectivity index (χ4v) is 3.23. The van der Waals surface area contributed by atoms with Crippen molar-refractivity contribution in [3.05, 3.63) is 0 Å². The van der Waals surface area contributed by atoms with Crippen LogP contribution in [0.5, 0.6) is 0 Å². The highest BCUT2D eigenvalue weighted by atomic mass is 16.3. The smallest absolute Gasteiger partial charge is 0.0543 e. The van der Waals surface area contributed by atoms with Crippen molar-refractivity contribution in [2.24, 2.45) is 5.92 Å². The number of nitrogens with one attached hydrogen (secondary N) is 1. The van der Waals surface area contributed by atoms with Crippen molar-refractivity contribution >= 4 is 0 Å². The molecule has 0 aromatic rings. The lowest BCUT2D eigenvalue weighted by molar-refractivity contribution is 0.0994. The minimum absolute atomic E-state index is 0.0317. The standard InChI is InChI=1S/C14H28N2O/c1-16-8-3-5-13(7-9-16)15-11-12-4-2-6-14(17)10-12/h12-15,17H,2-11H2,1H3. The Labute approximate surface area is 106 Å². The molecule has 0 bridgehead atoms. The highest BCUT2D eigenvalue weighted by molar-refractivity contribution is 4.78. The summed E-state index contributed by atoms with van der Waals surface area (Å²) in [6.07, 6.45) is 8.44. The highest BCUT2D eigenvalue weighted by Crippen LogP contribution is 2.24. The number of hydrogen-bond acceptors (Lipinski definition) is 3. The Hall–Kier alpha value is -0.120. The summed E-state index contributed by atoms with van der Waals surface area (Å²) in [5.74, 6) is 0.708. The molecule has 2 rings (SSSR count). The molecule has 3 heteroatoms. The van der Waals surface area contributed by atoms with Crippen molar-refractivity contribution in [1.82, 2.24) is 10.2 Å². The predicted molar refractivity (Wildman–Crippen MR) is 71.1 cm³/mol. The largest absolute Gasteiger partial charge is 0.393 e. The molecule has 1 aliphatic carbocycles. The number of aliphatic hydroxyl groups excluding tert-OH is 1. The molecule has 1 heterocycles. The van der Waals surface area contributed by atoms with Crippen LogP contribution in [0.15, 0.2) is 0 Å². The van der Waals surface area contributed by atoms with Gasteiger partial charge in [0.15, 0.2) is 0 Å². The molecule has 2 aliphatic rings. The lowest BCUT2D eigenvalue weighted by Gasteiger charge is -2.28. The van der Waals surface area contributed by atoms with Gasteiger partial charge < -0.3 is 15.3 Å². The van der Waals surface area contributed by atoms with E-state index in [4.69, 9.17) is 0 Å². The molecule has 100 valence electrons. The van der Waals surface area contributed by atoms with Gasteiger partial charge in [0.25, 0.3) is 0 Å². The second-order valence-corrected chi connectivity index (χ2v) is 6.03. The maximum Gasteiger partial charge on any atom is 0.0543 e. The average Bonchev–Trinajstić information content (AvgIpc) is 2.52. The number of rotatable bonds is 3. The second kappa shape index (κ2) is 6.72. The van der Waals surface area contributed by atoms with Crippen LogP contribution in [0, 0.1) is 5.92 Å². The van der Waals surface area contributed by atoms with Gasteiger partial charge in [0.2, 0.25) is 0 Å². The summed E-state index contributed by atoms with van der Waals surface area (Å²) in [7, 11) is 2.22. The fraction of sp³-hybridized carbons (Fsp3) is 1.00. The van der Waals surface area contributed by atoms with E-state index in [1.165, 1.54) is 45.2 Å². The number of likely N-dealkylation sites (tertiary alicyclic amines) is 1. The monoisotopic (exact) mass is 240 g/mol. The van der Waals surface area contributed by atoms with Gasteiger partial charge in [-0.1, -0.05) is 6.42 Å². The Kier molecular flexibility index (Phi) is 5.26. The van der Waals surface area contributed by atoms with Crippen LogP contribution < -0.4 is 5.32 Å². The van der Waals surface area contributed by atoms with E-state index in [9.17, 15) is 5.11 Å². The summed E-state index contributed by atoms with van der Waals surface area (Å²) < 4.78 is 0. The van der Waals surface area contributed by atoms with E-state index >= 15 is 0 Å². The average molecular weight is 240 g/mol. The number of nitrogens with zero attached hydrogens (tertiary/aromatic N) is 1. The van der Waals surface area contributed by atoms with Gasteiger partial charge in [0.1, 0.15) is 0 Å². The normalized spacial score (nSPS) is 36.7. The van der Waals surface area contributed by atoms with Gasteiger partial charge in [-0.3, -0.25) is 0 Å². The number of aliphatic hydroxyl groups is 1. The SMILES string of the molecule is CN1CCCC(NCC2CCCC(O)C2)CC1. The molecule has 0 radical (unpaired) electrons. The zero-order valence-electron chi connectivity index (χ0n) is 11.2. The lowest BCUT2D eigenvalue weighted by atomic mass is 9.87. The Balaban J connectivity index is 1.66. The molecule has 2 N–H and O–H groups in total. The molecule has 0 spiro atoms. The summed E-state index contributed by atoms with van der Waals surface area (Å²) in [5, 5.41) is 13.4. The van der Waals surface area contributed by atoms with E-state index in [0.29, 0.717) is 12.0 Å². The molecule has 0 amide bonds. The second-order valence-electron chi connectivity index (χ2n) is 6.03. The topological polar surface area (TPSA) is 35.5 Å². The minimum Gasteiger partial charge on any atom is -0.393 e. The molecular weight excluding hydrogens is 212 g/mol. The van der Waals surface area contributed by atoms with Gasteiger partial charge in [0.05, 0.1) is 6.10 Å². The summed E-state index contributed by atoms with van der Waals surface area (Å²) >= 11 is 0. The van der Waals surface area contributed by atoms with E-state index in [0.717, 1.165) is 19.4 Å². The first-order valence-corrected chi connectivity index (χ1v) is 7.34. The maximum absolute atomic E-state index is 9.66. The molecule has 0 aromatic carbocycles. The molecule has 0 aromatic heterocycles. The van der Waals surface area contributed by atoms with E-state index in [1.54, 1.807) is 0 Å². The third kappa shape index (κ3) is 4.57. The molecule has 17 heavy (non-hydrogen) atoms. The van der Waals surface area contributed by atoms with E-state index in [2.05, 4.69) is 17.3 Å². The Morgan fingerprint density at radius 1 is 1.12 bits per heavy atom. The van der Waals surface area contributed by atoms with Gasteiger partial charge in [-0.05, 0) is 71.1 Å². The highest BCUT2D eigenvalue weighted by Gasteiger charge is 2.21. The molecule has 3 unspecified atom stereocenters. The quantitative estimate of drug-likeness (QED) is 0.787. The third-order valence-corrected chi connectivity index (χ3v) is 4.40. The first-order chi connectivity index (χ1) is 8.24. The van der Waals surface area contributed by atoms with Gasteiger partial charge in [-0.2, -0.15) is 0 Å². The summed E-state index contributed by atoms with van der Waals surface area (Å²) in [5.41, 5.74) is 0. The molecule has 1 saturated heterocycles. The van der Waals surface area contributed by atoms with Gasteiger partial charge in [-0.25, -0.2) is 0 Å². The fourth-order valence-electron chi connectivity index (χ4n) is 3.23. The predicted octanol–water partition coefficient (Wildman–Crippen LogP) is 1.61. The van der Waals surface area contributed by atoms with Crippen molar-refractivity contribution in [1.29, 1.82) is 0 Å². The minimum atomic E-state index is -0.0317. The zero-order chi connectivity index (χ0) is 12.1. The third-order valence-electron chi connectivity index (χ3n) is 4.40.